The first-order valence-electron chi connectivity index (χ1n) is 8.87. The molecule has 0 bridgehead atoms. The Balaban J connectivity index is 1.56. The van der Waals surface area contributed by atoms with Gasteiger partial charge in [0.2, 0.25) is 0 Å². The number of nitrogens with one attached hydrogen (secondary N) is 1. The minimum absolute atomic E-state index is 0.357. The highest BCUT2D eigenvalue weighted by molar-refractivity contribution is 5.81. The Labute approximate surface area is 162 Å². The zero-order valence-electron chi connectivity index (χ0n) is 15.5. The summed E-state index contributed by atoms with van der Waals surface area (Å²) in [5.41, 5.74) is 3.03. The van der Waals surface area contributed by atoms with E-state index in [4.69, 9.17) is 4.74 Å². The monoisotopic (exact) mass is 379 g/mol. The Kier molecular flexibility index (Phi) is 6.46. The summed E-state index contributed by atoms with van der Waals surface area (Å²) in [4.78, 5) is 24.6. The van der Waals surface area contributed by atoms with Crippen molar-refractivity contribution in [3.05, 3.63) is 77.6 Å². The molecule has 0 saturated heterocycles. The molecule has 8 heteroatoms. The Morgan fingerprint density at radius 1 is 1.11 bits per heavy atom. The Morgan fingerprint density at radius 3 is 2.57 bits per heavy atom. The average molecular weight is 379 g/mol. The zero-order valence-corrected chi connectivity index (χ0v) is 15.5. The number of esters is 1. The van der Waals surface area contributed by atoms with Gasteiger partial charge in [0.05, 0.1) is 0 Å². The largest absolute Gasteiger partial charge is 0.454 e. The summed E-state index contributed by atoms with van der Waals surface area (Å²) in [5.74, 6) is -0.936. The van der Waals surface area contributed by atoms with Crippen molar-refractivity contribution < 1.29 is 14.3 Å². The minimum atomic E-state index is -0.749. The molecule has 144 valence electrons. The van der Waals surface area contributed by atoms with Crippen LogP contribution in [0.4, 0.5) is 0 Å². The molecule has 0 unspecified atom stereocenters. The number of ether oxygens (including phenoxy) is 1. The van der Waals surface area contributed by atoms with Crippen molar-refractivity contribution in [2.24, 2.45) is 0 Å². The van der Waals surface area contributed by atoms with Crippen LogP contribution in [-0.4, -0.2) is 38.7 Å². The standard InChI is InChI=1S/C20H21N5O3/c1-15-7-5-6-10-17(15)12-21-19(26)13-28-20(27)18(25-14-22-23-24-25)11-16-8-3-2-4-9-16/h2-10,14,18H,11-13H2,1H3,(H,21,26)/t18-/m0/s1. The first kappa shape index (κ1) is 19.2. The van der Waals surface area contributed by atoms with Crippen molar-refractivity contribution in [1.29, 1.82) is 0 Å². The summed E-state index contributed by atoms with van der Waals surface area (Å²) < 4.78 is 6.55. The van der Waals surface area contributed by atoms with E-state index in [1.165, 1.54) is 11.0 Å². The van der Waals surface area contributed by atoms with Gasteiger partial charge in [0.1, 0.15) is 6.33 Å². The Bertz CT molecular complexity index is 913. The Morgan fingerprint density at radius 2 is 1.86 bits per heavy atom. The van der Waals surface area contributed by atoms with Crippen molar-refractivity contribution in [1.82, 2.24) is 25.5 Å². The molecule has 0 aliphatic carbocycles. The summed E-state index contributed by atoms with van der Waals surface area (Å²) in [5, 5.41) is 13.7. The molecule has 1 atom stereocenters. The van der Waals surface area contributed by atoms with Crippen molar-refractivity contribution in [2.75, 3.05) is 6.61 Å². The molecule has 3 rings (SSSR count). The summed E-state index contributed by atoms with van der Waals surface area (Å²) >= 11 is 0. The lowest BCUT2D eigenvalue weighted by atomic mass is 10.1. The molecule has 28 heavy (non-hydrogen) atoms. The number of benzene rings is 2. The number of hydrogen-bond acceptors (Lipinski definition) is 6. The maximum Gasteiger partial charge on any atom is 0.331 e. The molecular formula is C20H21N5O3. The number of amides is 1. The lowest BCUT2D eigenvalue weighted by molar-refractivity contribution is -0.152. The average Bonchev–Trinajstić information content (AvgIpc) is 3.25. The summed E-state index contributed by atoms with van der Waals surface area (Å²) in [6, 6.07) is 16.5. The molecule has 1 heterocycles. The minimum Gasteiger partial charge on any atom is -0.454 e. The van der Waals surface area contributed by atoms with Crippen LogP contribution in [0.2, 0.25) is 0 Å². The molecule has 0 radical (unpaired) electrons. The summed E-state index contributed by atoms with van der Waals surface area (Å²) in [7, 11) is 0. The van der Waals surface area contributed by atoms with Gasteiger partial charge < -0.3 is 10.1 Å². The SMILES string of the molecule is Cc1ccccc1CNC(=O)COC(=O)[C@H](Cc1ccccc1)n1cnnn1. The molecule has 1 aromatic heterocycles. The Hall–Kier alpha value is -3.55. The molecule has 0 aliphatic rings. The number of hydrogen-bond donors (Lipinski definition) is 1. The van der Waals surface area contributed by atoms with Gasteiger partial charge in [0.15, 0.2) is 12.6 Å². The molecule has 0 fully saturated rings. The second kappa shape index (κ2) is 9.40. The normalized spacial score (nSPS) is 11.6. The fourth-order valence-electron chi connectivity index (χ4n) is 2.72. The highest BCUT2D eigenvalue weighted by Gasteiger charge is 2.24. The number of tetrazole rings is 1. The third-order valence-electron chi connectivity index (χ3n) is 4.31. The molecule has 1 N–H and O–H groups in total. The number of carbonyl (C=O) groups is 2. The maximum absolute atomic E-state index is 12.6. The van der Waals surface area contributed by atoms with Gasteiger partial charge in [0.25, 0.3) is 5.91 Å². The van der Waals surface area contributed by atoms with Gasteiger partial charge in [-0.3, -0.25) is 4.79 Å². The van der Waals surface area contributed by atoms with Crippen LogP contribution in [-0.2, 0) is 27.3 Å². The van der Waals surface area contributed by atoms with Gasteiger partial charge in [0, 0.05) is 13.0 Å². The van der Waals surface area contributed by atoms with Gasteiger partial charge >= 0.3 is 5.97 Å². The molecule has 0 saturated carbocycles. The maximum atomic E-state index is 12.6. The van der Waals surface area contributed by atoms with E-state index in [0.29, 0.717) is 13.0 Å². The van der Waals surface area contributed by atoms with Crippen LogP contribution in [0.15, 0.2) is 60.9 Å². The van der Waals surface area contributed by atoms with Crippen LogP contribution >= 0.6 is 0 Å². The first-order chi connectivity index (χ1) is 13.6. The van der Waals surface area contributed by atoms with Crippen LogP contribution in [0, 0.1) is 6.92 Å². The van der Waals surface area contributed by atoms with Crippen LogP contribution < -0.4 is 5.32 Å². The highest BCUT2D eigenvalue weighted by atomic mass is 16.5. The third-order valence-corrected chi connectivity index (χ3v) is 4.31. The van der Waals surface area contributed by atoms with E-state index in [2.05, 4.69) is 20.8 Å². The molecular weight excluding hydrogens is 358 g/mol. The van der Waals surface area contributed by atoms with Gasteiger partial charge in [-0.25, -0.2) is 9.48 Å². The highest BCUT2D eigenvalue weighted by Crippen LogP contribution is 2.14. The van der Waals surface area contributed by atoms with Gasteiger partial charge in [-0.1, -0.05) is 54.6 Å². The quantitative estimate of drug-likeness (QED) is 0.597. The zero-order chi connectivity index (χ0) is 19.8. The van der Waals surface area contributed by atoms with Crippen molar-refractivity contribution in [3.63, 3.8) is 0 Å². The fraction of sp³-hybridized carbons (Fsp3) is 0.250. The predicted molar refractivity (Wildman–Crippen MR) is 101 cm³/mol. The van der Waals surface area contributed by atoms with Crippen LogP contribution in [0.1, 0.15) is 22.7 Å². The van der Waals surface area contributed by atoms with E-state index in [0.717, 1.165) is 16.7 Å². The number of rotatable bonds is 8. The van der Waals surface area contributed by atoms with E-state index < -0.39 is 12.0 Å². The predicted octanol–water partition coefficient (Wildman–Crippen LogP) is 1.62. The van der Waals surface area contributed by atoms with Gasteiger partial charge in [-0.05, 0) is 34.0 Å². The third kappa shape index (κ3) is 5.23. The molecule has 0 spiro atoms. The number of nitrogens with zero attached hydrogens (tertiary/aromatic N) is 4. The number of carbonyl (C=O) groups excluding carboxylic acids is 2. The number of aromatic nitrogens is 4. The molecule has 3 aromatic rings. The number of aryl methyl sites for hydroxylation is 1. The van der Waals surface area contributed by atoms with E-state index in [1.54, 1.807) is 0 Å². The second-order valence-electron chi connectivity index (χ2n) is 6.31. The molecule has 0 aliphatic heterocycles. The van der Waals surface area contributed by atoms with Gasteiger partial charge in [-0.15, -0.1) is 5.10 Å². The van der Waals surface area contributed by atoms with Crippen LogP contribution in [0.3, 0.4) is 0 Å². The summed E-state index contributed by atoms with van der Waals surface area (Å²) in [6.07, 6.45) is 1.71. The smallest absolute Gasteiger partial charge is 0.331 e. The molecule has 1 amide bonds. The van der Waals surface area contributed by atoms with E-state index in [1.807, 2.05) is 61.5 Å². The van der Waals surface area contributed by atoms with E-state index in [9.17, 15) is 9.59 Å². The lowest BCUT2D eigenvalue weighted by Crippen LogP contribution is -2.31. The fourth-order valence-corrected chi connectivity index (χ4v) is 2.72. The molecule has 2 aromatic carbocycles. The topological polar surface area (TPSA) is 99.0 Å². The van der Waals surface area contributed by atoms with Crippen molar-refractivity contribution in [3.8, 4) is 0 Å². The van der Waals surface area contributed by atoms with Crippen LogP contribution in [0.5, 0.6) is 0 Å². The van der Waals surface area contributed by atoms with Gasteiger partial charge in [-0.2, -0.15) is 0 Å². The first-order valence-corrected chi connectivity index (χ1v) is 8.87. The lowest BCUT2D eigenvalue weighted by Gasteiger charge is -2.15. The van der Waals surface area contributed by atoms with E-state index in [-0.39, 0.29) is 12.5 Å². The molecule has 8 nitrogen and oxygen atoms in total. The van der Waals surface area contributed by atoms with Crippen molar-refractivity contribution >= 4 is 11.9 Å². The van der Waals surface area contributed by atoms with E-state index >= 15 is 0 Å². The van der Waals surface area contributed by atoms with Crippen molar-refractivity contribution in [2.45, 2.75) is 25.9 Å². The summed E-state index contributed by atoms with van der Waals surface area (Å²) in [6.45, 7) is 1.99. The second-order valence-corrected chi connectivity index (χ2v) is 6.31. The van der Waals surface area contributed by atoms with Crippen LogP contribution in [0.25, 0.3) is 0 Å².